The van der Waals surface area contributed by atoms with Gasteiger partial charge in [0.25, 0.3) is 5.91 Å². The number of hydrogen-bond acceptors (Lipinski definition) is 5. The number of thiazole rings is 1. The van der Waals surface area contributed by atoms with Crippen molar-refractivity contribution in [3.05, 3.63) is 46.2 Å². The zero-order valence-corrected chi connectivity index (χ0v) is 11.6. The molecule has 0 spiro atoms. The predicted octanol–water partition coefficient (Wildman–Crippen LogP) is 0.821. The SMILES string of the molecule is NCC#Cc1ccc(C(=O)NCCc2nccs2)nc1. The van der Waals surface area contributed by atoms with E-state index in [2.05, 4.69) is 27.1 Å². The molecule has 5 nitrogen and oxygen atoms in total. The molecule has 2 heterocycles. The Morgan fingerprint density at radius 1 is 1.40 bits per heavy atom. The molecule has 2 aromatic heterocycles. The fourth-order valence-corrected chi connectivity index (χ4v) is 2.13. The highest BCUT2D eigenvalue weighted by atomic mass is 32.1. The molecule has 1 amide bonds. The first-order valence-electron chi connectivity index (χ1n) is 6.11. The molecule has 2 aromatic rings. The summed E-state index contributed by atoms with van der Waals surface area (Å²) in [6.45, 7) is 0.849. The highest BCUT2D eigenvalue weighted by Crippen LogP contribution is 2.04. The van der Waals surface area contributed by atoms with Gasteiger partial charge in [0.15, 0.2) is 0 Å². The lowest BCUT2D eigenvalue weighted by atomic mass is 10.2. The molecule has 102 valence electrons. The molecule has 0 bridgehead atoms. The van der Waals surface area contributed by atoms with E-state index in [1.807, 2.05) is 5.38 Å². The summed E-state index contributed by atoms with van der Waals surface area (Å²) in [6, 6.07) is 3.41. The summed E-state index contributed by atoms with van der Waals surface area (Å²) in [7, 11) is 0. The first kappa shape index (κ1) is 14.2. The van der Waals surface area contributed by atoms with E-state index in [0.29, 0.717) is 18.8 Å². The second kappa shape index (κ2) is 7.38. The number of nitrogens with one attached hydrogen (secondary N) is 1. The number of nitrogens with zero attached hydrogens (tertiary/aromatic N) is 2. The number of amides is 1. The predicted molar refractivity (Wildman–Crippen MR) is 78.3 cm³/mol. The third kappa shape index (κ3) is 4.16. The van der Waals surface area contributed by atoms with Gasteiger partial charge in [0, 0.05) is 36.3 Å². The molecule has 0 fully saturated rings. The van der Waals surface area contributed by atoms with Gasteiger partial charge in [0.05, 0.1) is 11.6 Å². The summed E-state index contributed by atoms with van der Waals surface area (Å²) in [5, 5.41) is 5.73. The monoisotopic (exact) mass is 286 g/mol. The molecule has 0 aromatic carbocycles. The van der Waals surface area contributed by atoms with Crippen molar-refractivity contribution in [1.82, 2.24) is 15.3 Å². The van der Waals surface area contributed by atoms with E-state index in [1.165, 1.54) is 0 Å². The minimum absolute atomic E-state index is 0.195. The molecule has 0 aliphatic carbocycles. The Morgan fingerprint density at radius 2 is 2.30 bits per heavy atom. The molecule has 2 rings (SSSR count). The van der Waals surface area contributed by atoms with Gasteiger partial charge in [-0.05, 0) is 12.1 Å². The summed E-state index contributed by atoms with van der Waals surface area (Å²) < 4.78 is 0. The molecular formula is C14H14N4OS. The van der Waals surface area contributed by atoms with Crippen molar-refractivity contribution in [2.75, 3.05) is 13.1 Å². The number of hydrogen-bond donors (Lipinski definition) is 2. The Hall–Kier alpha value is -2.23. The number of aromatic nitrogens is 2. The van der Waals surface area contributed by atoms with Crippen molar-refractivity contribution in [2.24, 2.45) is 5.73 Å². The zero-order chi connectivity index (χ0) is 14.2. The highest BCUT2D eigenvalue weighted by Gasteiger charge is 2.06. The molecule has 0 aliphatic rings. The van der Waals surface area contributed by atoms with Crippen LogP contribution in [0.1, 0.15) is 21.1 Å². The first-order chi connectivity index (χ1) is 9.79. The molecule has 0 aliphatic heterocycles. The van der Waals surface area contributed by atoms with Crippen LogP contribution in [0.2, 0.25) is 0 Å². The lowest BCUT2D eigenvalue weighted by Crippen LogP contribution is -2.26. The normalized spacial score (nSPS) is 9.65. The Bertz CT molecular complexity index is 611. The lowest BCUT2D eigenvalue weighted by molar-refractivity contribution is 0.0949. The average molecular weight is 286 g/mol. The van der Waals surface area contributed by atoms with Crippen LogP contribution in [-0.4, -0.2) is 29.0 Å². The van der Waals surface area contributed by atoms with Crippen LogP contribution in [0.4, 0.5) is 0 Å². The third-order valence-electron chi connectivity index (χ3n) is 2.44. The highest BCUT2D eigenvalue weighted by molar-refractivity contribution is 7.09. The maximum Gasteiger partial charge on any atom is 0.269 e. The van der Waals surface area contributed by atoms with Gasteiger partial charge in [0.2, 0.25) is 0 Å². The Balaban J connectivity index is 1.85. The average Bonchev–Trinajstić information content (AvgIpc) is 2.99. The fraction of sp³-hybridized carbons (Fsp3) is 0.214. The van der Waals surface area contributed by atoms with Crippen LogP contribution in [-0.2, 0) is 6.42 Å². The molecule has 0 saturated heterocycles. The van der Waals surface area contributed by atoms with Crippen molar-refractivity contribution in [2.45, 2.75) is 6.42 Å². The van der Waals surface area contributed by atoms with E-state index in [9.17, 15) is 4.79 Å². The van der Waals surface area contributed by atoms with Crippen LogP contribution in [0.3, 0.4) is 0 Å². The standard InChI is InChI=1S/C14H14N4OS/c15-6-1-2-11-3-4-12(18-10-11)14(19)17-7-5-13-16-8-9-20-13/h3-4,8-10H,5-7,15H2,(H,17,19). The van der Waals surface area contributed by atoms with Crippen LogP contribution in [0, 0.1) is 11.8 Å². The first-order valence-corrected chi connectivity index (χ1v) is 6.99. The Morgan fingerprint density at radius 3 is 2.95 bits per heavy atom. The van der Waals surface area contributed by atoms with Gasteiger partial charge in [-0.25, -0.2) is 9.97 Å². The fourth-order valence-electron chi connectivity index (χ4n) is 1.51. The van der Waals surface area contributed by atoms with Gasteiger partial charge in [0.1, 0.15) is 5.69 Å². The molecule has 3 N–H and O–H groups in total. The summed E-state index contributed by atoms with van der Waals surface area (Å²) >= 11 is 1.58. The lowest BCUT2D eigenvalue weighted by Gasteiger charge is -2.03. The van der Waals surface area contributed by atoms with Crippen molar-refractivity contribution in [3.63, 3.8) is 0 Å². The van der Waals surface area contributed by atoms with Gasteiger partial charge in [-0.3, -0.25) is 4.79 Å². The number of rotatable bonds is 4. The number of pyridine rings is 1. The number of nitrogens with two attached hydrogens (primary N) is 1. The van der Waals surface area contributed by atoms with E-state index in [-0.39, 0.29) is 5.91 Å². The molecule has 20 heavy (non-hydrogen) atoms. The van der Waals surface area contributed by atoms with E-state index in [0.717, 1.165) is 17.0 Å². The summed E-state index contributed by atoms with van der Waals surface area (Å²) in [6.07, 6.45) is 4.05. The smallest absolute Gasteiger partial charge is 0.269 e. The largest absolute Gasteiger partial charge is 0.350 e. The molecular weight excluding hydrogens is 272 g/mol. The summed E-state index contributed by atoms with van der Waals surface area (Å²) in [5.74, 6) is 5.40. The Kier molecular flexibility index (Phi) is 5.24. The minimum atomic E-state index is -0.195. The molecule has 0 unspecified atom stereocenters. The van der Waals surface area contributed by atoms with E-state index < -0.39 is 0 Å². The summed E-state index contributed by atoms with van der Waals surface area (Å²) in [5.41, 5.74) is 6.41. The van der Waals surface area contributed by atoms with Gasteiger partial charge in [-0.15, -0.1) is 11.3 Å². The number of carbonyl (C=O) groups excluding carboxylic acids is 1. The molecule has 0 atom stereocenters. The van der Waals surface area contributed by atoms with Crippen LogP contribution < -0.4 is 11.1 Å². The second-order valence-electron chi connectivity index (χ2n) is 3.87. The molecule has 6 heteroatoms. The van der Waals surface area contributed by atoms with Crippen molar-refractivity contribution in [1.29, 1.82) is 0 Å². The van der Waals surface area contributed by atoms with Crippen LogP contribution >= 0.6 is 11.3 Å². The van der Waals surface area contributed by atoms with Gasteiger partial charge < -0.3 is 11.1 Å². The topological polar surface area (TPSA) is 80.9 Å². The van der Waals surface area contributed by atoms with E-state index >= 15 is 0 Å². The van der Waals surface area contributed by atoms with Gasteiger partial charge >= 0.3 is 0 Å². The maximum absolute atomic E-state index is 11.9. The molecule has 0 saturated carbocycles. The second-order valence-corrected chi connectivity index (χ2v) is 4.85. The third-order valence-corrected chi connectivity index (χ3v) is 3.28. The summed E-state index contributed by atoms with van der Waals surface area (Å²) in [4.78, 5) is 20.1. The van der Waals surface area contributed by atoms with Crippen molar-refractivity contribution in [3.8, 4) is 11.8 Å². The Labute approximate surface area is 121 Å². The van der Waals surface area contributed by atoms with Gasteiger partial charge in [-0.2, -0.15) is 0 Å². The van der Waals surface area contributed by atoms with E-state index in [4.69, 9.17) is 5.73 Å². The van der Waals surface area contributed by atoms with Crippen LogP contribution in [0.5, 0.6) is 0 Å². The zero-order valence-electron chi connectivity index (χ0n) is 10.8. The van der Waals surface area contributed by atoms with Crippen LogP contribution in [0.25, 0.3) is 0 Å². The van der Waals surface area contributed by atoms with Gasteiger partial charge in [-0.1, -0.05) is 11.8 Å². The number of carbonyl (C=O) groups is 1. The van der Waals surface area contributed by atoms with Crippen LogP contribution in [0.15, 0.2) is 29.9 Å². The maximum atomic E-state index is 11.9. The van der Waals surface area contributed by atoms with E-state index in [1.54, 1.807) is 35.9 Å². The van der Waals surface area contributed by atoms with Crippen molar-refractivity contribution >= 4 is 17.2 Å². The quantitative estimate of drug-likeness (QED) is 0.815. The molecule has 0 radical (unpaired) electrons. The van der Waals surface area contributed by atoms with Crippen molar-refractivity contribution < 1.29 is 4.79 Å². The minimum Gasteiger partial charge on any atom is -0.350 e.